The largest absolute Gasteiger partial charge is 0.0651 e. The van der Waals surface area contributed by atoms with E-state index in [0.29, 0.717) is 5.41 Å². The van der Waals surface area contributed by atoms with Crippen molar-refractivity contribution < 1.29 is 0 Å². The predicted molar refractivity (Wildman–Crippen MR) is 59.9 cm³/mol. The summed E-state index contributed by atoms with van der Waals surface area (Å²) in [5.41, 5.74) is 0.648. The molecule has 0 N–H and O–H groups in total. The number of hydrogen-bond donors (Lipinski definition) is 0. The van der Waals surface area contributed by atoms with Gasteiger partial charge in [0.1, 0.15) is 0 Å². The summed E-state index contributed by atoms with van der Waals surface area (Å²) in [4.78, 5) is 0. The second kappa shape index (κ2) is 2.57. The van der Waals surface area contributed by atoms with Gasteiger partial charge in [-0.15, -0.1) is 0 Å². The third-order valence-electron chi connectivity index (χ3n) is 6.35. The average Bonchev–Trinajstić information content (AvgIpc) is 2.46. The van der Waals surface area contributed by atoms with Gasteiger partial charge in [0.25, 0.3) is 0 Å². The maximum Gasteiger partial charge on any atom is -0.0295 e. The Balaban J connectivity index is 1.98. The highest BCUT2D eigenvalue weighted by Crippen LogP contribution is 2.70. The van der Waals surface area contributed by atoms with Crippen molar-refractivity contribution in [3.05, 3.63) is 0 Å². The summed E-state index contributed by atoms with van der Waals surface area (Å²) in [6, 6.07) is 0. The minimum absolute atomic E-state index is 0.648. The molecule has 0 aliphatic heterocycles. The molecular weight excluding hydrogens is 168 g/mol. The van der Waals surface area contributed by atoms with E-state index in [4.69, 9.17) is 0 Å². The Hall–Kier alpha value is 0. The van der Waals surface area contributed by atoms with Crippen molar-refractivity contribution in [1.82, 2.24) is 0 Å². The molecular formula is C14H24. The lowest BCUT2D eigenvalue weighted by Crippen LogP contribution is -2.51. The van der Waals surface area contributed by atoms with Crippen molar-refractivity contribution in [2.24, 2.45) is 40.9 Å². The molecule has 0 aromatic carbocycles. The summed E-state index contributed by atoms with van der Waals surface area (Å²) in [5, 5.41) is 0. The minimum atomic E-state index is 0.648. The molecule has 3 rings (SSSR count). The molecule has 14 heavy (non-hydrogen) atoms. The highest BCUT2D eigenvalue weighted by Gasteiger charge is 2.64. The van der Waals surface area contributed by atoms with Crippen LogP contribution in [0.2, 0.25) is 0 Å². The first-order valence-electron chi connectivity index (χ1n) is 6.57. The van der Waals surface area contributed by atoms with Gasteiger partial charge >= 0.3 is 0 Å². The zero-order chi connectivity index (χ0) is 10.1. The molecule has 6 atom stereocenters. The third-order valence-corrected chi connectivity index (χ3v) is 6.35. The van der Waals surface area contributed by atoms with Crippen LogP contribution < -0.4 is 0 Å². The third kappa shape index (κ3) is 0.823. The van der Waals surface area contributed by atoms with Gasteiger partial charge < -0.3 is 0 Å². The van der Waals surface area contributed by atoms with Gasteiger partial charge in [0, 0.05) is 0 Å². The van der Waals surface area contributed by atoms with Crippen molar-refractivity contribution >= 4 is 0 Å². The van der Waals surface area contributed by atoms with Crippen LogP contribution in [0.5, 0.6) is 0 Å². The summed E-state index contributed by atoms with van der Waals surface area (Å²) in [6.45, 7) is 10.0. The van der Waals surface area contributed by atoms with Gasteiger partial charge in [-0.25, -0.2) is 0 Å². The molecule has 0 aromatic rings. The monoisotopic (exact) mass is 192 g/mol. The number of fused-ring (bicyclic) bond motifs is 1. The molecule has 80 valence electrons. The molecule has 3 aliphatic rings. The summed E-state index contributed by atoms with van der Waals surface area (Å²) in [7, 11) is 0. The van der Waals surface area contributed by atoms with Gasteiger partial charge in [0.15, 0.2) is 0 Å². The first-order valence-corrected chi connectivity index (χ1v) is 6.57. The summed E-state index contributed by atoms with van der Waals surface area (Å²) in [5.74, 6) is 6.51. The van der Waals surface area contributed by atoms with Gasteiger partial charge in [-0.3, -0.25) is 0 Å². The number of rotatable bonds is 1. The Labute approximate surface area is 88.5 Å². The Bertz CT molecular complexity index is 253. The fraction of sp³-hybridized carbons (Fsp3) is 1.00. The molecule has 6 unspecified atom stereocenters. The Morgan fingerprint density at radius 2 is 1.79 bits per heavy atom. The summed E-state index contributed by atoms with van der Waals surface area (Å²) < 4.78 is 0. The van der Waals surface area contributed by atoms with Crippen LogP contribution in [0.15, 0.2) is 0 Å². The fourth-order valence-corrected chi connectivity index (χ4v) is 5.55. The van der Waals surface area contributed by atoms with E-state index >= 15 is 0 Å². The molecule has 0 amide bonds. The molecule has 0 saturated heterocycles. The molecule has 3 aliphatic carbocycles. The van der Waals surface area contributed by atoms with Crippen LogP contribution in [0.25, 0.3) is 0 Å². The highest BCUT2D eigenvalue weighted by atomic mass is 14.7. The van der Waals surface area contributed by atoms with Crippen LogP contribution in [0.3, 0.4) is 0 Å². The van der Waals surface area contributed by atoms with Crippen molar-refractivity contribution in [1.29, 1.82) is 0 Å². The van der Waals surface area contributed by atoms with Crippen LogP contribution in [0.4, 0.5) is 0 Å². The molecule has 0 spiro atoms. The Morgan fingerprint density at radius 3 is 2.43 bits per heavy atom. The van der Waals surface area contributed by atoms with Crippen molar-refractivity contribution in [2.45, 2.75) is 47.0 Å². The zero-order valence-corrected chi connectivity index (χ0v) is 10.1. The van der Waals surface area contributed by atoms with E-state index in [2.05, 4.69) is 27.7 Å². The molecule has 2 bridgehead atoms. The normalized spacial score (nSPS) is 58.3. The quantitative estimate of drug-likeness (QED) is 0.590. The molecule has 0 heteroatoms. The zero-order valence-electron chi connectivity index (χ0n) is 10.1. The Morgan fingerprint density at radius 1 is 1.14 bits per heavy atom. The molecule has 0 radical (unpaired) electrons. The van der Waals surface area contributed by atoms with E-state index in [1.165, 1.54) is 6.42 Å². The topological polar surface area (TPSA) is 0 Å². The van der Waals surface area contributed by atoms with Gasteiger partial charge in [-0.05, 0) is 53.8 Å². The molecule has 0 aromatic heterocycles. The molecule has 3 saturated carbocycles. The lowest BCUT2D eigenvalue weighted by atomic mass is 9.48. The first-order chi connectivity index (χ1) is 6.57. The average molecular weight is 192 g/mol. The van der Waals surface area contributed by atoms with E-state index in [1.807, 2.05) is 0 Å². The molecule has 0 nitrogen and oxygen atoms in total. The minimum Gasteiger partial charge on any atom is -0.0651 e. The van der Waals surface area contributed by atoms with Gasteiger partial charge in [-0.2, -0.15) is 0 Å². The van der Waals surface area contributed by atoms with E-state index in [0.717, 1.165) is 35.5 Å². The first kappa shape index (κ1) is 9.24. The van der Waals surface area contributed by atoms with Gasteiger partial charge in [0.2, 0.25) is 0 Å². The van der Waals surface area contributed by atoms with E-state index in [9.17, 15) is 0 Å². The van der Waals surface area contributed by atoms with Crippen LogP contribution in [-0.4, -0.2) is 0 Å². The van der Waals surface area contributed by atoms with Gasteiger partial charge in [-0.1, -0.05) is 34.1 Å². The SMILES string of the molecule is CCC1C2C(C)C3CC(CC32)C1(C)C. The second-order valence-electron chi connectivity index (χ2n) is 6.77. The molecule has 3 fully saturated rings. The lowest BCUT2D eigenvalue weighted by molar-refractivity contribution is -0.0877. The second-order valence-corrected chi connectivity index (χ2v) is 6.77. The maximum absolute atomic E-state index is 2.55. The van der Waals surface area contributed by atoms with Crippen LogP contribution in [0.1, 0.15) is 47.0 Å². The van der Waals surface area contributed by atoms with Crippen molar-refractivity contribution in [3.8, 4) is 0 Å². The van der Waals surface area contributed by atoms with Crippen LogP contribution >= 0.6 is 0 Å². The van der Waals surface area contributed by atoms with Crippen molar-refractivity contribution in [3.63, 3.8) is 0 Å². The highest BCUT2D eigenvalue weighted by molar-refractivity contribution is 5.12. The van der Waals surface area contributed by atoms with Gasteiger partial charge in [0.05, 0.1) is 0 Å². The smallest absolute Gasteiger partial charge is 0.0295 e. The lowest BCUT2D eigenvalue weighted by Gasteiger charge is -2.57. The van der Waals surface area contributed by atoms with E-state index < -0.39 is 0 Å². The summed E-state index contributed by atoms with van der Waals surface area (Å²) in [6.07, 6.45) is 4.55. The maximum atomic E-state index is 2.55. The fourth-order valence-electron chi connectivity index (χ4n) is 5.55. The molecule has 0 heterocycles. The summed E-state index contributed by atoms with van der Waals surface area (Å²) >= 11 is 0. The standard InChI is InChI=1S/C14H24/c1-5-12-13-8(2)10-6-9(7-11(10)13)14(12,3)4/h8-13H,5-7H2,1-4H3. The predicted octanol–water partition coefficient (Wildman–Crippen LogP) is 3.96. The Kier molecular flexibility index (Phi) is 1.70. The van der Waals surface area contributed by atoms with Crippen molar-refractivity contribution in [2.75, 3.05) is 0 Å². The van der Waals surface area contributed by atoms with Crippen LogP contribution in [0, 0.1) is 40.9 Å². The van der Waals surface area contributed by atoms with E-state index in [-0.39, 0.29) is 0 Å². The van der Waals surface area contributed by atoms with Crippen LogP contribution in [-0.2, 0) is 0 Å². The number of hydrogen-bond acceptors (Lipinski definition) is 0. The van der Waals surface area contributed by atoms with E-state index in [1.54, 1.807) is 12.8 Å².